The fraction of sp³-hybridized carbons (Fsp3) is 0.562. The van der Waals surface area contributed by atoms with Crippen molar-refractivity contribution >= 4 is 29.9 Å². The summed E-state index contributed by atoms with van der Waals surface area (Å²) in [6.07, 6.45) is 1.10. The molecule has 0 atom stereocenters. The molecule has 0 saturated carbocycles. The first-order valence-corrected chi connectivity index (χ1v) is 7.01. The molecule has 0 amide bonds. The zero-order valence-corrected chi connectivity index (χ0v) is 15.6. The maximum absolute atomic E-state index is 4.19. The van der Waals surface area contributed by atoms with Gasteiger partial charge >= 0.3 is 0 Å². The fourth-order valence-electron chi connectivity index (χ4n) is 1.77. The zero-order valence-electron chi connectivity index (χ0n) is 13.3. The van der Waals surface area contributed by atoms with E-state index in [0.717, 1.165) is 25.5 Å². The molecular formula is C16H28IN3. The number of nitrogens with zero attached hydrogens (tertiary/aromatic N) is 1. The topological polar surface area (TPSA) is 36.4 Å². The van der Waals surface area contributed by atoms with Gasteiger partial charge in [0.15, 0.2) is 5.96 Å². The van der Waals surface area contributed by atoms with E-state index in [-0.39, 0.29) is 29.4 Å². The van der Waals surface area contributed by atoms with Crippen molar-refractivity contribution in [1.82, 2.24) is 10.6 Å². The summed E-state index contributed by atoms with van der Waals surface area (Å²) in [6.45, 7) is 10.6. The summed E-state index contributed by atoms with van der Waals surface area (Å²) < 4.78 is 0. The van der Waals surface area contributed by atoms with E-state index in [2.05, 4.69) is 67.6 Å². The molecule has 1 rings (SSSR count). The first-order valence-electron chi connectivity index (χ1n) is 7.01. The molecule has 3 nitrogen and oxygen atoms in total. The van der Waals surface area contributed by atoms with Gasteiger partial charge in [-0.2, -0.15) is 0 Å². The molecule has 0 aliphatic carbocycles. The highest BCUT2D eigenvalue weighted by Gasteiger charge is 2.12. The number of guanidine groups is 1. The number of benzene rings is 1. The number of aliphatic imine (C=N–C) groups is 1. The van der Waals surface area contributed by atoms with Gasteiger partial charge < -0.3 is 10.6 Å². The van der Waals surface area contributed by atoms with E-state index in [0.29, 0.717) is 0 Å². The fourth-order valence-corrected chi connectivity index (χ4v) is 1.77. The Morgan fingerprint density at radius 3 is 2.15 bits per heavy atom. The van der Waals surface area contributed by atoms with Crippen LogP contribution in [0.4, 0.5) is 0 Å². The molecule has 1 aromatic carbocycles. The second-order valence-electron chi connectivity index (χ2n) is 5.80. The molecule has 1 aromatic rings. The van der Waals surface area contributed by atoms with Crippen LogP contribution >= 0.6 is 24.0 Å². The van der Waals surface area contributed by atoms with Crippen molar-refractivity contribution in [2.24, 2.45) is 4.99 Å². The first-order chi connectivity index (χ1) is 8.97. The highest BCUT2D eigenvalue weighted by molar-refractivity contribution is 14.0. The summed E-state index contributed by atoms with van der Waals surface area (Å²) >= 11 is 0. The quantitative estimate of drug-likeness (QED) is 0.468. The molecule has 0 saturated heterocycles. The highest BCUT2D eigenvalue weighted by Crippen LogP contribution is 2.22. The number of rotatable bonds is 4. The van der Waals surface area contributed by atoms with E-state index in [9.17, 15) is 0 Å². The van der Waals surface area contributed by atoms with Crippen LogP contribution < -0.4 is 10.6 Å². The molecule has 0 spiro atoms. The van der Waals surface area contributed by atoms with Crippen molar-refractivity contribution in [2.75, 3.05) is 13.6 Å². The lowest BCUT2D eigenvalue weighted by atomic mass is 9.87. The van der Waals surface area contributed by atoms with Gasteiger partial charge in [-0.15, -0.1) is 24.0 Å². The molecule has 0 fully saturated rings. The Morgan fingerprint density at radius 1 is 1.10 bits per heavy atom. The Bertz CT molecular complexity index is 405. The van der Waals surface area contributed by atoms with E-state index < -0.39 is 0 Å². The van der Waals surface area contributed by atoms with Crippen LogP contribution in [0.25, 0.3) is 0 Å². The molecule has 0 unspecified atom stereocenters. The van der Waals surface area contributed by atoms with Crippen LogP contribution in [0.1, 0.15) is 45.2 Å². The third kappa shape index (κ3) is 6.59. The molecule has 114 valence electrons. The third-order valence-corrected chi connectivity index (χ3v) is 3.05. The van der Waals surface area contributed by atoms with Crippen molar-refractivity contribution in [1.29, 1.82) is 0 Å². The molecule has 20 heavy (non-hydrogen) atoms. The molecule has 0 radical (unpaired) electrons. The molecular weight excluding hydrogens is 361 g/mol. The zero-order chi connectivity index (χ0) is 14.3. The maximum Gasteiger partial charge on any atom is 0.191 e. The first kappa shape index (κ1) is 19.2. The van der Waals surface area contributed by atoms with Crippen LogP contribution in [0.5, 0.6) is 0 Å². The standard InChI is InChI=1S/C16H27N3.HI/c1-6-11-18-15(17-5)19-12-13-7-9-14(10-8-13)16(2,3)4;/h7-10H,6,11-12H2,1-5H3,(H2,17,18,19);1H. The largest absolute Gasteiger partial charge is 0.356 e. The molecule has 0 heterocycles. The molecule has 0 aliphatic rings. The predicted octanol–water partition coefficient (Wildman–Crippen LogP) is 3.68. The Balaban J connectivity index is 0.00000361. The SMILES string of the molecule is CCCNC(=NC)NCc1ccc(C(C)(C)C)cc1.I. The van der Waals surface area contributed by atoms with Crippen LogP contribution in [0.15, 0.2) is 29.3 Å². The molecule has 0 aromatic heterocycles. The van der Waals surface area contributed by atoms with Crippen LogP contribution in [-0.2, 0) is 12.0 Å². The van der Waals surface area contributed by atoms with Gasteiger partial charge in [0.1, 0.15) is 0 Å². The summed E-state index contributed by atoms with van der Waals surface area (Å²) in [4.78, 5) is 4.19. The van der Waals surface area contributed by atoms with Crippen molar-refractivity contribution < 1.29 is 0 Å². The van der Waals surface area contributed by atoms with Crippen LogP contribution in [0.2, 0.25) is 0 Å². The van der Waals surface area contributed by atoms with E-state index in [1.54, 1.807) is 7.05 Å². The van der Waals surface area contributed by atoms with Gasteiger partial charge in [0.2, 0.25) is 0 Å². The number of nitrogens with one attached hydrogen (secondary N) is 2. The average Bonchev–Trinajstić information content (AvgIpc) is 2.38. The maximum atomic E-state index is 4.19. The van der Waals surface area contributed by atoms with Gasteiger partial charge in [-0.1, -0.05) is 52.0 Å². The van der Waals surface area contributed by atoms with Crippen molar-refractivity contribution in [2.45, 2.75) is 46.1 Å². The minimum absolute atomic E-state index is 0. The summed E-state index contributed by atoms with van der Waals surface area (Å²) in [7, 11) is 1.80. The predicted molar refractivity (Wildman–Crippen MR) is 99.0 cm³/mol. The highest BCUT2D eigenvalue weighted by atomic mass is 127. The Hall–Kier alpha value is -0.780. The van der Waals surface area contributed by atoms with E-state index in [1.165, 1.54) is 11.1 Å². The lowest BCUT2D eigenvalue weighted by Crippen LogP contribution is -2.37. The second-order valence-corrected chi connectivity index (χ2v) is 5.80. The number of hydrogen-bond acceptors (Lipinski definition) is 1. The summed E-state index contributed by atoms with van der Waals surface area (Å²) in [5.74, 6) is 0.863. The van der Waals surface area contributed by atoms with Crippen LogP contribution in [0, 0.1) is 0 Å². The minimum Gasteiger partial charge on any atom is -0.356 e. The lowest BCUT2D eigenvalue weighted by molar-refractivity contribution is 0.590. The molecule has 4 heteroatoms. The average molecular weight is 389 g/mol. The lowest BCUT2D eigenvalue weighted by Gasteiger charge is -2.19. The van der Waals surface area contributed by atoms with Gasteiger partial charge in [-0.3, -0.25) is 4.99 Å². The van der Waals surface area contributed by atoms with Crippen LogP contribution in [0.3, 0.4) is 0 Å². The normalized spacial score (nSPS) is 11.8. The summed E-state index contributed by atoms with van der Waals surface area (Å²) in [6, 6.07) is 8.78. The monoisotopic (exact) mass is 389 g/mol. The Morgan fingerprint density at radius 2 is 1.70 bits per heavy atom. The van der Waals surface area contributed by atoms with Gasteiger partial charge in [0.25, 0.3) is 0 Å². The summed E-state index contributed by atoms with van der Waals surface area (Å²) in [5.41, 5.74) is 2.85. The van der Waals surface area contributed by atoms with Gasteiger partial charge in [-0.25, -0.2) is 0 Å². The Labute approximate surface area is 140 Å². The van der Waals surface area contributed by atoms with Gasteiger partial charge in [0, 0.05) is 20.1 Å². The van der Waals surface area contributed by atoms with Crippen LogP contribution in [-0.4, -0.2) is 19.6 Å². The summed E-state index contributed by atoms with van der Waals surface area (Å²) in [5, 5.41) is 6.58. The van der Waals surface area contributed by atoms with E-state index >= 15 is 0 Å². The third-order valence-electron chi connectivity index (χ3n) is 3.05. The molecule has 0 bridgehead atoms. The smallest absolute Gasteiger partial charge is 0.191 e. The molecule has 2 N–H and O–H groups in total. The number of halogens is 1. The van der Waals surface area contributed by atoms with E-state index in [1.807, 2.05) is 0 Å². The number of hydrogen-bond donors (Lipinski definition) is 2. The second kappa shape index (κ2) is 9.21. The van der Waals surface area contributed by atoms with Crippen molar-refractivity contribution in [3.63, 3.8) is 0 Å². The van der Waals surface area contributed by atoms with E-state index in [4.69, 9.17) is 0 Å². The van der Waals surface area contributed by atoms with Crippen molar-refractivity contribution in [3.05, 3.63) is 35.4 Å². The molecule has 0 aliphatic heterocycles. The minimum atomic E-state index is 0. The van der Waals surface area contributed by atoms with Crippen molar-refractivity contribution in [3.8, 4) is 0 Å². The van der Waals surface area contributed by atoms with Gasteiger partial charge in [-0.05, 0) is 23.0 Å². The Kier molecular flexibility index (Phi) is 8.85. The van der Waals surface area contributed by atoms with Gasteiger partial charge in [0.05, 0.1) is 0 Å².